The number of nitrogens with zero attached hydrogens (tertiary/aromatic N) is 1. The minimum atomic E-state index is -0.907. The van der Waals surface area contributed by atoms with Crippen LogP contribution in [0.5, 0.6) is 5.75 Å². The lowest BCUT2D eigenvalue weighted by atomic mass is 9.84. The van der Waals surface area contributed by atoms with E-state index in [9.17, 15) is 14.9 Å². The van der Waals surface area contributed by atoms with Gasteiger partial charge in [0.15, 0.2) is 0 Å². The van der Waals surface area contributed by atoms with Crippen LogP contribution in [0.1, 0.15) is 29.5 Å². The van der Waals surface area contributed by atoms with Crippen molar-refractivity contribution in [3.05, 3.63) is 75.8 Å². The van der Waals surface area contributed by atoms with Crippen LogP contribution in [0.25, 0.3) is 0 Å². The van der Waals surface area contributed by atoms with Crippen LogP contribution >= 0.6 is 0 Å². The van der Waals surface area contributed by atoms with Crippen LogP contribution in [0.15, 0.2) is 54.6 Å². The van der Waals surface area contributed by atoms with E-state index in [1.165, 1.54) is 7.11 Å². The summed E-state index contributed by atoms with van der Waals surface area (Å²) >= 11 is 0. The molecule has 0 aliphatic carbocycles. The normalized spacial score (nSPS) is 24.4. The van der Waals surface area contributed by atoms with Crippen LogP contribution in [0.2, 0.25) is 0 Å². The summed E-state index contributed by atoms with van der Waals surface area (Å²) in [6, 6.07) is 14.6. The Kier molecular flexibility index (Phi) is 5.71. The van der Waals surface area contributed by atoms with E-state index in [-0.39, 0.29) is 11.3 Å². The van der Waals surface area contributed by atoms with Crippen LogP contribution in [0.4, 0.5) is 0 Å². The van der Waals surface area contributed by atoms with E-state index in [4.69, 9.17) is 9.47 Å². The number of hydrogen-bond acceptors (Lipinski definition) is 6. The first-order valence-corrected chi connectivity index (χ1v) is 8.70. The predicted molar refractivity (Wildman–Crippen MR) is 99.3 cm³/mol. The Labute approximate surface area is 157 Å². The molecule has 1 heterocycles. The highest BCUT2D eigenvalue weighted by Crippen LogP contribution is 2.41. The highest BCUT2D eigenvalue weighted by molar-refractivity contribution is 5.70. The smallest absolute Gasteiger partial charge is 0.307 e. The standard InChI is InChI=1S/C20H22N2O5/c1-26-15-10-8-14(9-11-15)19-20(22(24)25)18(13-6-4-3-5-7-13)16(21-19)12-17(23)27-2/h3-11,16,18-21H,12H2,1-2H3/t16?,18-,19?,20?/m1/s1. The molecule has 1 N–H and O–H groups in total. The van der Waals surface area contributed by atoms with E-state index in [1.807, 2.05) is 42.5 Å². The summed E-state index contributed by atoms with van der Waals surface area (Å²) in [6.45, 7) is 0. The minimum Gasteiger partial charge on any atom is -0.497 e. The van der Waals surface area contributed by atoms with Crippen molar-refractivity contribution in [2.45, 2.75) is 30.5 Å². The summed E-state index contributed by atoms with van der Waals surface area (Å²) in [5.41, 5.74) is 1.61. The largest absolute Gasteiger partial charge is 0.497 e. The van der Waals surface area contributed by atoms with Crippen molar-refractivity contribution in [1.29, 1.82) is 0 Å². The molecule has 2 aromatic carbocycles. The molecule has 2 aromatic rings. The van der Waals surface area contributed by atoms with Gasteiger partial charge in [0, 0.05) is 11.0 Å². The molecule has 0 radical (unpaired) electrons. The molecule has 0 amide bonds. The van der Waals surface area contributed by atoms with E-state index >= 15 is 0 Å². The molecule has 1 fully saturated rings. The van der Waals surface area contributed by atoms with Crippen molar-refractivity contribution < 1.29 is 19.2 Å². The lowest BCUT2D eigenvalue weighted by Crippen LogP contribution is -2.31. The fourth-order valence-electron chi connectivity index (χ4n) is 3.79. The van der Waals surface area contributed by atoms with Gasteiger partial charge in [0.05, 0.1) is 26.6 Å². The second-order valence-electron chi connectivity index (χ2n) is 6.52. The quantitative estimate of drug-likeness (QED) is 0.478. The number of methoxy groups -OCH3 is 2. The molecule has 0 saturated carbocycles. The molecular weight excluding hydrogens is 348 g/mol. The third-order valence-electron chi connectivity index (χ3n) is 5.05. The summed E-state index contributed by atoms with van der Waals surface area (Å²) < 4.78 is 9.97. The molecule has 3 rings (SSSR count). The van der Waals surface area contributed by atoms with Gasteiger partial charge in [-0.2, -0.15) is 0 Å². The van der Waals surface area contributed by atoms with Gasteiger partial charge >= 0.3 is 5.97 Å². The number of nitro groups is 1. The molecule has 3 unspecified atom stereocenters. The molecule has 7 nitrogen and oxygen atoms in total. The number of benzene rings is 2. The zero-order valence-corrected chi connectivity index (χ0v) is 15.2. The summed E-state index contributed by atoms with van der Waals surface area (Å²) in [4.78, 5) is 23.7. The van der Waals surface area contributed by atoms with Crippen LogP contribution in [0, 0.1) is 10.1 Å². The van der Waals surface area contributed by atoms with Crippen LogP contribution in [-0.2, 0) is 9.53 Å². The van der Waals surface area contributed by atoms with E-state index in [1.54, 1.807) is 19.2 Å². The van der Waals surface area contributed by atoms with E-state index in [2.05, 4.69) is 5.32 Å². The number of nitrogens with one attached hydrogen (secondary N) is 1. The molecule has 0 spiro atoms. The average Bonchev–Trinajstić information content (AvgIpc) is 3.08. The lowest BCUT2D eigenvalue weighted by Gasteiger charge is -2.20. The summed E-state index contributed by atoms with van der Waals surface area (Å²) in [5.74, 6) is -0.168. The predicted octanol–water partition coefficient (Wildman–Crippen LogP) is 2.70. The van der Waals surface area contributed by atoms with Crippen molar-refractivity contribution in [2.75, 3.05) is 14.2 Å². The molecule has 142 valence electrons. The van der Waals surface area contributed by atoms with Gasteiger partial charge in [-0.05, 0) is 23.3 Å². The Balaban J connectivity index is 2.00. The third kappa shape index (κ3) is 3.93. The summed E-state index contributed by atoms with van der Waals surface area (Å²) in [6.07, 6.45) is 0.0626. The van der Waals surface area contributed by atoms with E-state index in [0.717, 1.165) is 11.1 Å². The first-order chi connectivity index (χ1) is 13.0. The first-order valence-electron chi connectivity index (χ1n) is 8.70. The van der Waals surface area contributed by atoms with Gasteiger partial charge in [0.1, 0.15) is 11.8 Å². The number of carbonyl (C=O) groups excluding carboxylic acids is 1. The maximum atomic E-state index is 12.0. The molecular formula is C20H22N2O5. The molecule has 0 bridgehead atoms. The molecule has 1 aliphatic rings. The highest BCUT2D eigenvalue weighted by Gasteiger charge is 2.52. The van der Waals surface area contributed by atoms with E-state index < -0.39 is 30.0 Å². The molecule has 7 heteroatoms. The fourth-order valence-corrected chi connectivity index (χ4v) is 3.79. The van der Waals surface area contributed by atoms with Crippen molar-refractivity contribution >= 4 is 5.97 Å². The monoisotopic (exact) mass is 370 g/mol. The second kappa shape index (κ2) is 8.18. The second-order valence-corrected chi connectivity index (χ2v) is 6.52. The molecule has 27 heavy (non-hydrogen) atoms. The van der Waals surface area contributed by atoms with Gasteiger partial charge in [-0.3, -0.25) is 20.2 Å². The fraction of sp³-hybridized carbons (Fsp3) is 0.350. The Morgan fingerprint density at radius 3 is 2.30 bits per heavy atom. The molecule has 4 atom stereocenters. The van der Waals surface area contributed by atoms with Crippen LogP contribution in [0.3, 0.4) is 0 Å². The SMILES string of the molecule is COC(=O)CC1NC(c2ccc(OC)cc2)C([N+](=O)[O-])[C@@H]1c1ccccc1. The zero-order chi connectivity index (χ0) is 19.4. The van der Waals surface area contributed by atoms with Crippen molar-refractivity contribution in [1.82, 2.24) is 5.32 Å². The van der Waals surface area contributed by atoms with Crippen molar-refractivity contribution in [3.8, 4) is 5.75 Å². The number of ether oxygens (including phenoxy) is 2. The maximum absolute atomic E-state index is 12.0. The summed E-state index contributed by atoms with van der Waals surface area (Å²) in [5, 5.41) is 15.3. The van der Waals surface area contributed by atoms with Gasteiger partial charge in [-0.15, -0.1) is 0 Å². The number of rotatable bonds is 6. The number of esters is 1. The number of hydrogen-bond donors (Lipinski definition) is 1. The van der Waals surface area contributed by atoms with Gasteiger partial charge in [0.2, 0.25) is 6.04 Å². The maximum Gasteiger partial charge on any atom is 0.307 e. The highest BCUT2D eigenvalue weighted by atomic mass is 16.6. The molecule has 1 saturated heterocycles. The Hall–Kier alpha value is -2.93. The van der Waals surface area contributed by atoms with Gasteiger partial charge in [-0.1, -0.05) is 42.5 Å². The minimum absolute atomic E-state index is 0.0626. The van der Waals surface area contributed by atoms with Gasteiger partial charge < -0.3 is 9.47 Å². The average molecular weight is 370 g/mol. The third-order valence-corrected chi connectivity index (χ3v) is 5.05. The van der Waals surface area contributed by atoms with Crippen molar-refractivity contribution in [3.63, 3.8) is 0 Å². The zero-order valence-electron chi connectivity index (χ0n) is 15.2. The van der Waals surface area contributed by atoms with Gasteiger partial charge in [-0.25, -0.2) is 0 Å². The Morgan fingerprint density at radius 2 is 1.74 bits per heavy atom. The summed E-state index contributed by atoms with van der Waals surface area (Å²) in [7, 11) is 2.89. The van der Waals surface area contributed by atoms with E-state index in [0.29, 0.717) is 5.75 Å². The van der Waals surface area contributed by atoms with Crippen LogP contribution < -0.4 is 10.1 Å². The Bertz CT molecular complexity index is 794. The Morgan fingerprint density at radius 1 is 1.07 bits per heavy atom. The number of carbonyl (C=O) groups is 1. The lowest BCUT2D eigenvalue weighted by molar-refractivity contribution is -0.527. The first kappa shape index (κ1) is 18.8. The van der Waals surface area contributed by atoms with Crippen molar-refractivity contribution in [2.24, 2.45) is 0 Å². The molecule has 0 aromatic heterocycles. The van der Waals surface area contributed by atoms with Crippen LogP contribution in [-0.4, -0.2) is 37.2 Å². The topological polar surface area (TPSA) is 90.7 Å². The van der Waals surface area contributed by atoms with Gasteiger partial charge in [0.25, 0.3) is 0 Å². The molecule has 1 aliphatic heterocycles.